The van der Waals surface area contributed by atoms with Crippen LogP contribution in [-0.4, -0.2) is 0 Å². The summed E-state index contributed by atoms with van der Waals surface area (Å²) >= 11 is 0. The number of hydrogen-bond acceptors (Lipinski definition) is 1. The fourth-order valence-corrected chi connectivity index (χ4v) is 7.90. The molecule has 1 heterocycles. The molecule has 238 valence electrons. The van der Waals surface area contributed by atoms with Crippen molar-refractivity contribution in [3.63, 3.8) is 0 Å². The minimum atomic E-state index is 0.906. The quantitative estimate of drug-likeness (QED) is 0.169. The first kappa shape index (κ1) is 29.2. The summed E-state index contributed by atoms with van der Waals surface area (Å²) in [6.45, 7) is 0. The van der Waals surface area contributed by atoms with E-state index in [2.05, 4.69) is 188 Å². The molecular weight excluding hydrogens is 617 g/mol. The van der Waals surface area contributed by atoms with Gasteiger partial charge < -0.3 is 4.42 Å². The molecule has 0 unspecified atom stereocenters. The molecule has 0 bridgehead atoms. The van der Waals surface area contributed by atoms with Gasteiger partial charge in [-0.2, -0.15) is 0 Å². The monoisotopic (exact) mass is 648 g/mol. The molecule has 0 saturated carbocycles. The number of benzene rings is 9. The largest absolute Gasteiger partial charge is 0.456 e. The van der Waals surface area contributed by atoms with Crippen molar-refractivity contribution < 1.29 is 4.42 Å². The van der Waals surface area contributed by atoms with Crippen molar-refractivity contribution in [1.29, 1.82) is 0 Å². The summed E-state index contributed by atoms with van der Waals surface area (Å²) in [5.41, 5.74) is 13.9. The molecule has 0 fully saturated rings. The van der Waals surface area contributed by atoms with Crippen LogP contribution in [-0.2, 0) is 0 Å². The van der Waals surface area contributed by atoms with Crippen LogP contribution in [0.25, 0.3) is 99.1 Å². The summed E-state index contributed by atoms with van der Waals surface area (Å²) in [4.78, 5) is 0. The maximum atomic E-state index is 6.32. The van der Waals surface area contributed by atoms with E-state index in [4.69, 9.17) is 4.42 Å². The first-order chi connectivity index (χ1) is 25.3. The van der Waals surface area contributed by atoms with Crippen molar-refractivity contribution >= 4 is 43.5 Å². The molecule has 1 nitrogen and oxygen atoms in total. The van der Waals surface area contributed by atoms with E-state index >= 15 is 0 Å². The predicted molar refractivity (Wildman–Crippen MR) is 216 cm³/mol. The highest BCUT2D eigenvalue weighted by Gasteiger charge is 2.19. The Labute approximate surface area is 296 Å². The summed E-state index contributed by atoms with van der Waals surface area (Å²) in [7, 11) is 0. The third-order valence-electron chi connectivity index (χ3n) is 10.3. The van der Waals surface area contributed by atoms with Crippen LogP contribution in [0, 0.1) is 0 Å². The second kappa shape index (κ2) is 12.0. The molecule has 9 aromatic carbocycles. The lowest BCUT2D eigenvalue weighted by molar-refractivity contribution is 0.669. The molecule has 0 N–H and O–H groups in total. The van der Waals surface area contributed by atoms with Gasteiger partial charge in [-0.15, -0.1) is 0 Å². The molecular formula is C50H32O. The maximum absolute atomic E-state index is 6.32. The standard InChI is InChI=1S/C50H32O/c1-3-12-33(13-4-1)35-22-26-37(27-23-35)48-41-16-7-8-17-42(41)49(38-28-24-36(25-29-38)34-14-5-2-6-15-34)45-32-39(30-31-43(45)48)40-19-11-21-47-50(40)44-18-9-10-20-46(44)51-47/h1-32H. The molecule has 10 rings (SSSR count). The third kappa shape index (κ3) is 4.94. The van der Waals surface area contributed by atoms with E-state index in [0.717, 1.165) is 21.9 Å². The molecule has 0 atom stereocenters. The van der Waals surface area contributed by atoms with Crippen molar-refractivity contribution in [3.8, 4) is 55.6 Å². The van der Waals surface area contributed by atoms with E-state index in [-0.39, 0.29) is 0 Å². The zero-order valence-corrected chi connectivity index (χ0v) is 27.9. The maximum Gasteiger partial charge on any atom is 0.136 e. The van der Waals surface area contributed by atoms with Gasteiger partial charge in [-0.25, -0.2) is 0 Å². The van der Waals surface area contributed by atoms with Crippen LogP contribution in [0.5, 0.6) is 0 Å². The summed E-state index contributed by atoms with van der Waals surface area (Å²) in [5.74, 6) is 0. The van der Waals surface area contributed by atoms with Gasteiger partial charge in [0.15, 0.2) is 0 Å². The molecule has 0 aliphatic heterocycles. The Hall–Kier alpha value is -6.70. The lowest BCUT2D eigenvalue weighted by Crippen LogP contribution is -1.92. The summed E-state index contributed by atoms with van der Waals surface area (Å²) in [6, 6.07) is 70.0. The fourth-order valence-electron chi connectivity index (χ4n) is 7.90. The smallest absolute Gasteiger partial charge is 0.136 e. The molecule has 0 aliphatic rings. The van der Waals surface area contributed by atoms with Gasteiger partial charge in [0.25, 0.3) is 0 Å². The topological polar surface area (TPSA) is 13.1 Å². The number of rotatable bonds is 5. The average molecular weight is 649 g/mol. The van der Waals surface area contributed by atoms with E-state index in [1.165, 1.54) is 77.2 Å². The van der Waals surface area contributed by atoms with Crippen molar-refractivity contribution in [3.05, 3.63) is 194 Å². The Morgan fingerprint density at radius 3 is 1.29 bits per heavy atom. The van der Waals surface area contributed by atoms with E-state index in [1.807, 2.05) is 6.07 Å². The van der Waals surface area contributed by atoms with E-state index in [0.29, 0.717) is 0 Å². The molecule has 0 aliphatic carbocycles. The Morgan fingerprint density at radius 1 is 0.255 bits per heavy atom. The normalized spacial score (nSPS) is 11.5. The second-order valence-corrected chi connectivity index (χ2v) is 13.2. The summed E-state index contributed by atoms with van der Waals surface area (Å²) < 4.78 is 6.32. The van der Waals surface area contributed by atoms with Gasteiger partial charge in [-0.1, -0.05) is 176 Å². The van der Waals surface area contributed by atoms with Gasteiger partial charge in [0.2, 0.25) is 0 Å². The number of para-hydroxylation sites is 1. The van der Waals surface area contributed by atoms with Crippen molar-refractivity contribution in [2.75, 3.05) is 0 Å². The van der Waals surface area contributed by atoms with E-state index in [1.54, 1.807) is 0 Å². The highest BCUT2D eigenvalue weighted by molar-refractivity contribution is 6.22. The molecule has 10 aromatic rings. The molecule has 0 amide bonds. The Kier molecular flexibility index (Phi) is 6.89. The van der Waals surface area contributed by atoms with Crippen LogP contribution in [0.1, 0.15) is 0 Å². The Bertz CT molecular complexity index is 2860. The van der Waals surface area contributed by atoms with Crippen LogP contribution in [0.4, 0.5) is 0 Å². The summed E-state index contributed by atoms with van der Waals surface area (Å²) in [5, 5.41) is 7.23. The lowest BCUT2D eigenvalue weighted by atomic mass is 9.84. The molecule has 51 heavy (non-hydrogen) atoms. The minimum Gasteiger partial charge on any atom is -0.456 e. The van der Waals surface area contributed by atoms with Crippen LogP contribution in [0.2, 0.25) is 0 Å². The van der Waals surface area contributed by atoms with Crippen molar-refractivity contribution in [2.24, 2.45) is 0 Å². The Morgan fingerprint density at radius 2 is 0.686 bits per heavy atom. The van der Waals surface area contributed by atoms with Gasteiger partial charge >= 0.3 is 0 Å². The van der Waals surface area contributed by atoms with E-state index in [9.17, 15) is 0 Å². The molecule has 0 radical (unpaired) electrons. The lowest BCUT2D eigenvalue weighted by Gasteiger charge is -2.19. The average Bonchev–Trinajstić information content (AvgIpc) is 3.60. The van der Waals surface area contributed by atoms with Crippen LogP contribution >= 0.6 is 0 Å². The third-order valence-corrected chi connectivity index (χ3v) is 10.3. The Balaban J connectivity index is 1.25. The second-order valence-electron chi connectivity index (χ2n) is 13.2. The summed E-state index contributed by atoms with van der Waals surface area (Å²) in [6.07, 6.45) is 0. The van der Waals surface area contributed by atoms with Gasteiger partial charge in [-0.3, -0.25) is 0 Å². The van der Waals surface area contributed by atoms with Gasteiger partial charge in [0, 0.05) is 10.8 Å². The van der Waals surface area contributed by atoms with Gasteiger partial charge in [-0.05, 0) is 95.4 Å². The molecule has 0 saturated heterocycles. The molecule has 0 spiro atoms. The molecule has 1 aromatic heterocycles. The predicted octanol–water partition coefficient (Wildman–Crippen LogP) is 14.2. The van der Waals surface area contributed by atoms with Crippen molar-refractivity contribution in [1.82, 2.24) is 0 Å². The molecule has 1 heteroatoms. The highest BCUT2D eigenvalue weighted by Crippen LogP contribution is 2.46. The zero-order valence-electron chi connectivity index (χ0n) is 27.9. The number of furan rings is 1. The van der Waals surface area contributed by atoms with Gasteiger partial charge in [0.1, 0.15) is 11.2 Å². The number of hydrogen-bond donors (Lipinski definition) is 0. The highest BCUT2D eigenvalue weighted by atomic mass is 16.3. The van der Waals surface area contributed by atoms with Crippen LogP contribution in [0.3, 0.4) is 0 Å². The van der Waals surface area contributed by atoms with Crippen molar-refractivity contribution in [2.45, 2.75) is 0 Å². The van der Waals surface area contributed by atoms with E-state index < -0.39 is 0 Å². The first-order valence-electron chi connectivity index (χ1n) is 17.5. The minimum absolute atomic E-state index is 0.906. The fraction of sp³-hybridized carbons (Fsp3) is 0. The van der Waals surface area contributed by atoms with Crippen LogP contribution < -0.4 is 0 Å². The number of fused-ring (bicyclic) bond motifs is 5. The SMILES string of the molecule is c1ccc(-c2ccc(-c3c4ccccc4c(-c4ccc(-c5ccccc5)cc4)c4cc(-c5cccc6oc7ccccc7c56)ccc34)cc2)cc1. The van der Waals surface area contributed by atoms with Crippen LogP contribution in [0.15, 0.2) is 199 Å². The first-order valence-corrected chi connectivity index (χ1v) is 17.5. The van der Waals surface area contributed by atoms with Gasteiger partial charge in [0.05, 0.1) is 0 Å². The zero-order chi connectivity index (χ0) is 33.7.